The first-order valence-corrected chi connectivity index (χ1v) is 12.3. The molecule has 1 heterocycles. The molecule has 162 valence electrons. The fourth-order valence-electron chi connectivity index (χ4n) is 4.45. The summed E-state index contributed by atoms with van der Waals surface area (Å²) < 4.78 is 1.94. The normalized spacial score (nSPS) is 17.3. The highest BCUT2D eigenvalue weighted by Crippen LogP contribution is 2.40. The maximum absolute atomic E-state index is 13.2. The lowest BCUT2D eigenvalue weighted by atomic mass is 9.87. The zero-order valence-corrected chi connectivity index (χ0v) is 20.6. The number of amides is 1. The van der Waals surface area contributed by atoms with E-state index >= 15 is 0 Å². The number of hydrogen-bond donors (Lipinski definition) is 4. The molecule has 3 atom stereocenters. The number of benzene rings is 2. The van der Waals surface area contributed by atoms with Gasteiger partial charge in [-0.3, -0.25) is 4.79 Å². The van der Waals surface area contributed by atoms with Crippen molar-refractivity contribution >= 4 is 67.3 Å². The molecule has 0 saturated heterocycles. The van der Waals surface area contributed by atoms with Gasteiger partial charge in [0.05, 0.1) is 5.92 Å². The lowest BCUT2D eigenvalue weighted by Gasteiger charge is -2.24. The predicted octanol–water partition coefficient (Wildman–Crippen LogP) is 5.08. The van der Waals surface area contributed by atoms with E-state index in [0.29, 0.717) is 5.75 Å². The number of carboxylic acids is 1. The summed E-state index contributed by atoms with van der Waals surface area (Å²) in [6.07, 6.45) is 3.77. The molecule has 0 bridgehead atoms. The van der Waals surface area contributed by atoms with E-state index in [4.69, 9.17) is 0 Å². The molecular formula is C23H22Br2N2O3S. The van der Waals surface area contributed by atoms with Crippen LogP contribution >= 0.6 is 44.5 Å². The van der Waals surface area contributed by atoms with E-state index in [2.05, 4.69) is 66.9 Å². The molecule has 0 fully saturated rings. The number of halogens is 2. The number of aromatic nitrogens is 1. The van der Waals surface area contributed by atoms with Crippen molar-refractivity contribution in [3.05, 3.63) is 68.2 Å². The van der Waals surface area contributed by atoms with Gasteiger partial charge in [0.25, 0.3) is 0 Å². The third-order valence-corrected chi connectivity index (χ3v) is 7.40. The molecule has 0 aliphatic heterocycles. The van der Waals surface area contributed by atoms with Crippen LogP contribution in [0.5, 0.6) is 0 Å². The van der Waals surface area contributed by atoms with Crippen LogP contribution in [0.2, 0.25) is 0 Å². The molecule has 2 unspecified atom stereocenters. The number of carboxylic acid groups (broad SMARTS) is 1. The third-order valence-electron chi connectivity index (χ3n) is 6.02. The molecule has 0 radical (unpaired) electrons. The number of aromatic amines is 1. The first-order valence-electron chi connectivity index (χ1n) is 10.0. The summed E-state index contributed by atoms with van der Waals surface area (Å²) in [7, 11) is 0. The van der Waals surface area contributed by atoms with Gasteiger partial charge in [0.15, 0.2) is 0 Å². The number of carbonyl (C=O) groups excluding carboxylic acids is 1. The molecule has 1 aliphatic rings. The van der Waals surface area contributed by atoms with E-state index in [1.807, 2.05) is 24.3 Å². The Bertz CT molecular complexity index is 1150. The lowest BCUT2D eigenvalue weighted by Crippen LogP contribution is -2.46. The van der Waals surface area contributed by atoms with Crippen molar-refractivity contribution in [2.75, 3.05) is 5.75 Å². The van der Waals surface area contributed by atoms with E-state index in [1.165, 1.54) is 5.56 Å². The summed E-state index contributed by atoms with van der Waals surface area (Å²) in [4.78, 5) is 28.3. The smallest absolute Gasteiger partial charge is 0.326 e. The van der Waals surface area contributed by atoms with Crippen LogP contribution in [0.15, 0.2) is 51.5 Å². The number of H-pyrrole nitrogens is 1. The lowest BCUT2D eigenvalue weighted by molar-refractivity contribution is -0.142. The van der Waals surface area contributed by atoms with Gasteiger partial charge in [-0.2, -0.15) is 12.6 Å². The molecule has 0 saturated carbocycles. The van der Waals surface area contributed by atoms with Crippen molar-refractivity contribution in [3.63, 3.8) is 0 Å². The Labute approximate surface area is 202 Å². The molecule has 8 heteroatoms. The Morgan fingerprint density at radius 2 is 1.94 bits per heavy atom. The van der Waals surface area contributed by atoms with Crippen LogP contribution in [0.25, 0.3) is 10.9 Å². The molecule has 2 aromatic carbocycles. The largest absolute Gasteiger partial charge is 0.480 e. The first kappa shape index (κ1) is 22.4. The van der Waals surface area contributed by atoms with Gasteiger partial charge in [0.2, 0.25) is 5.91 Å². The van der Waals surface area contributed by atoms with E-state index in [-0.39, 0.29) is 24.2 Å². The zero-order valence-electron chi connectivity index (χ0n) is 16.6. The number of thiol groups is 1. The number of nitrogens with one attached hydrogen (secondary N) is 2. The quantitative estimate of drug-likeness (QED) is 0.301. The average Bonchev–Trinajstić information content (AvgIpc) is 3.32. The Morgan fingerprint density at radius 3 is 2.68 bits per heavy atom. The van der Waals surface area contributed by atoms with Crippen molar-refractivity contribution < 1.29 is 14.7 Å². The van der Waals surface area contributed by atoms with Gasteiger partial charge in [0.1, 0.15) is 6.04 Å². The summed E-state index contributed by atoms with van der Waals surface area (Å²) in [6, 6.07) is 10.9. The molecule has 4 rings (SSSR count). The van der Waals surface area contributed by atoms with E-state index in [0.717, 1.165) is 43.8 Å². The Kier molecular flexibility index (Phi) is 6.79. The standard InChI is InChI=1S/C23H22Br2N2O3S/c24-14-2-5-16-12(7-14)1-4-17(16)19(11-31)22(28)27-21(23(29)30)8-13-10-26-20-6-3-15(25)9-18(13)20/h2-3,5-7,9-10,17,19,21,26,31H,1,4,8,11H2,(H,27,28)(H,29,30)/t17?,19?,21-/m0/s1. The highest BCUT2D eigenvalue weighted by Gasteiger charge is 2.35. The van der Waals surface area contributed by atoms with Gasteiger partial charge in [0, 0.05) is 38.2 Å². The number of rotatable bonds is 7. The van der Waals surface area contributed by atoms with Gasteiger partial charge >= 0.3 is 5.97 Å². The van der Waals surface area contributed by atoms with Crippen LogP contribution in [0.3, 0.4) is 0 Å². The SMILES string of the molecule is O=C(N[C@@H](Cc1c[nH]c2ccc(Br)cc12)C(=O)O)C(CS)C1CCc2cc(Br)ccc21. The van der Waals surface area contributed by atoms with Gasteiger partial charge in [-0.1, -0.05) is 37.9 Å². The van der Waals surface area contributed by atoms with Crippen molar-refractivity contribution in [3.8, 4) is 0 Å². The van der Waals surface area contributed by atoms with Crippen LogP contribution in [-0.4, -0.2) is 33.8 Å². The number of aliphatic carboxylic acids is 1. The van der Waals surface area contributed by atoms with Crippen molar-refractivity contribution in [1.29, 1.82) is 0 Å². The Balaban J connectivity index is 1.53. The molecule has 1 aromatic heterocycles. The predicted molar refractivity (Wildman–Crippen MR) is 132 cm³/mol. The maximum atomic E-state index is 13.2. The minimum absolute atomic E-state index is 0.0408. The monoisotopic (exact) mass is 564 g/mol. The molecular weight excluding hydrogens is 544 g/mol. The molecule has 3 N–H and O–H groups in total. The summed E-state index contributed by atoms with van der Waals surface area (Å²) in [5.74, 6) is -1.29. The van der Waals surface area contributed by atoms with Crippen LogP contribution in [0, 0.1) is 5.92 Å². The molecule has 3 aromatic rings. The van der Waals surface area contributed by atoms with Crippen LogP contribution in [0.4, 0.5) is 0 Å². The second kappa shape index (κ2) is 9.38. The molecule has 0 spiro atoms. The topological polar surface area (TPSA) is 82.2 Å². The number of aryl methyl sites for hydroxylation is 1. The van der Waals surface area contributed by atoms with E-state index in [1.54, 1.807) is 6.20 Å². The summed E-state index contributed by atoms with van der Waals surface area (Å²) in [5.41, 5.74) is 4.17. The van der Waals surface area contributed by atoms with Crippen LogP contribution < -0.4 is 5.32 Å². The molecule has 1 amide bonds. The molecule has 5 nitrogen and oxygen atoms in total. The minimum atomic E-state index is -1.05. The summed E-state index contributed by atoms with van der Waals surface area (Å²) in [5, 5.41) is 13.5. The van der Waals surface area contributed by atoms with Crippen LogP contribution in [0.1, 0.15) is 29.0 Å². The van der Waals surface area contributed by atoms with Gasteiger partial charge < -0.3 is 15.4 Å². The third kappa shape index (κ3) is 4.71. The zero-order chi connectivity index (χ0) is 22.1. The Hall–Kier alpha value is -1.77. The maximum Gasteiger partial charge on any atom is 0.326 e. The van der Waals surface area contributed by atoms with E-state index < -0.39 is 12.0 Å². The second-order valence-corrected chi connectivity index (χ2v) is 10.1. The van der Waals surface area contributed by atoms with E-state index in [9.17, 15) is 14.7 Å². The molecule has 1 aliphatic carbocycles. The fraction of sp³-hybridized carbons (Fsp3) is 0.304. The summed E-state index contributed by atoms with van der Waals surface area (Å²) >= 11 is 11.4. The first-order chi connectivity index (χ1) is 14.9. The Morgan fingerprint density at radius 1 is 1.19 bits per heavy atom. The second-order valence-electron chi connectivity index (χ2n) is 7.88. The number of fused-ring (bicyclic) bond motifs is 2. The van der Waals surface area contributed by atoms with Crippen molar-refractivity contribution in [2.45, 2.75) is 31.2 Å². The molecule has 31 heavy (non-hydrogen) atoms. The highest BCUT2D eigenvalue weighted by molar-refractivity contribution is 9.10. The van der Waals surface area contributed by atoms with Gasteiger partial charge in [-0.05, 0) is 65.8 Å². The highest BCUT2D eigenvalue weighted by atomic mass is 79.9. The van der Waals surface area contributed by atoms with Gasteiger partial charge in [-0.25, -0.2) is 4.79 Å². The fourth-order valence-corrected chi connectivity index (χ4v) is 5.64. The van der Waals surface area contributed by atoms with Crippen molar-refractivity contribution in [1.82, 2.24) is 10.3 Å². The number of carbonyl (C=O) groups is 2. The van der Waals surface area contributed by atoms with Gasteiger partial charge in [-0.15, -0.1) is 0 Å². The minimum Gasteiger partial charge on any atom is -0.480 e. The van der Waals surface area contributed by atoms with Crippen LogP contribution in [-0.2, 0) is 22.4 Å². The number of hydrogen-bond acceptors (Lipinski definition) is 3. The summed E-state index contributed by atoms with van der Waals surface area (Å²) in [6.45, 7) is 0. The average molecular weight is 566 g/mol. The van der Waals surface area contributed by atoms with Crippen molar-refractivity contribution in [2.24, 2.45) is 5.92 Å².